The molecular weight excluding hydrogens is 390 g/mol. The largest absolute Gasteiger partial charge is 0.493 e. The molecule has 1 aliphatic heterocycles. The highest BCUT2D eigenvalue weighted by Gasteiger charge is 2.30. The van der Waals surface area contributed by atoms with E-state index in [1.54, 1.807) is 14.2 Å². The number of aromatic nitrogens is 2. The summed E-state index contributed by atoms with van der Waals surface area (Å²) in [5.74, 6) is 2.00. The van der Waals surface area contributed by atoms with E-state index in [1.807, 2.05) is 35.4 Å². The number of imidazole rings is 1. The van der Waals surface area contributed by atoms with Crippen molar-refractivity contribution in [2.75, 3.05) is 27.3 Å². The fourth-order valence-electron chi connectivity index (χ4n) is 4.36. The van der Waals surface area contributed by atoms with Gasteiger partial charge in [0.25, 0.3) is 0 Å². The van der Waals surface area contributed by atoms with Gasteiger partial charge in [-0.25, -0.2) is 4.98 Å². The van der Waals surface area contributed by atoms with Gasteiger partial charge in [0.1, 0.15) is 5.65 Å². The molecule has 6 heteroatoms. The van der Waals surface area contributed by atoms with Gasteiger partial charge < -0.3 is 18.8 Å². The summed E-state index contributed by atoms with van der Waals surface area (Å²) >= 11 is 0. The Kier molecular flexibility index (Phi) is 5.14. The van der Waals surface area contributed by atoms with Gasteiger partial charge in [-0.2, -0.15) is 0 Å². The van der Waals surface area contributed by atoms with Crippen molar-refractivity contribution in [3.63, 3.8) is 0 Å². The molecule has 1 fully saturated rings. The minimum absolute atomic E-state index is 0.271. The molecule has 5 rings (SSSR count). The minimum Gasteiger partial charge on any atom is -0.493 e. The number of fused-ring (bicyclic) bond motifs is 1. The Morgan fingerprint density at radius 1 is 1.03 bits per heavy atom. The standard InChI is InChI=1S/C25H27N3O3/c1-30-22-8-6-19(14-23(22)31-2)21-16-28-15-20(7-9-24(28)26-21)17-10-12-27(13-11-17)25(29)18-4-3-5-18/h6-10,14-16,18H,3-5,11-13H2,1-2H3. The number of carbonyl (C=O) groups excluding carboxylic acids is 1. The molecule has 0 saturated heterocycles. The van der Waals surface area contributed by atoms with Gasteiger partial charge in [-0.15, -0.1) is 0 Å². The molecule has 0 spiro atoms. The molecule has 0 bridgehead atoms. The van der Waals surface area contributed by atoms with E-state index in [2.05, 4.69) is 22.7 Å². The van der Waals surface area contributed by atoms with Crippen LogP contribution in [0.3, 0.4) is 0 Å². The number of carbonyl (C=O) groups is 1. The first kappa shape index (κ1) is 19.7. The number of nitrogens with zero attached hydrogens (tertiary/aromatic N) is 3. The van der Waals surface area contributed by atoms with Gasteiger partial charge in [-0.05, 0) is 60.7 Å². The van der Waals surface area contributed by atoms with Crippen molar-refractivity contribution in [1.82, 2.24) is 14.3 Å². The van der Waals surface area contributed by atoms with E-state index in [-0.39, 0.29) is 5.92 Å². The quantitative estimate of drug-likeness (QED) is 0.616. The summed E-state index contributed by atoms with van der Waals surface area (Å²) in [6.07, 6.45) is 10.6. The second kappa shape index (κ2) is 8.10. The molecule has 0 radical (unpaired) electrons. The first-order chi connectivity index (χ1) is 15.2. The first-order valence-corrected chi connectivity index (χ1v) is 10.9. The fourth-order valence-corrected chi connectivity index (χ4v) is 4.36. The Bertz CT molecular complexity index is 1160. The smallest absolute Gasteiger partial charge is 0.225 e. The van der Waals surface area contributed by atoms with Crippen LogP contribution in [0.15, 0.2) is 48.8 Å². The zero-order chi connectivity index (χ0) is 21.4. The van der Waals surface area contributed by atoms with Crippen molar-refractivity contribution in [2.45, 2.75) is 25.7 Å². The number of rotatable bonds is 5. The van der Waals surface area contributed by atoms with E-state index >= 15 is 0 Å². The average molecular weight is 418 g/mol. The maximum Gasteiger partial charge on any atom is 0.225 e. The van der Waals surface area contributed by atoms with Crippen LogP contribution in [0.5, 0.6) is 11.5 Å². The fraction of sp³-hybridized carbons (Fsp3) is 0.360. The number of hydrogen-bond donors (Lipinski definition) is 0. The highest BCUT2D eigenvalue weighted by atomic mass is 16.5. The minimum atomic E-state index is 0.271. The predicted molar refractivity (Wildman–Crippen MR) is 120 cm³/mol. The maximum atomic E-state index is 12.5. The van der Waals surface area contributed by atoms with Crippen molar-refractivity contribution >= 4 is 17.1 Å². The van der Waals surface area contributed by atoms with Crippen LogP contribution in [-0.4, -0.2) is 47.5 Å². The van der Waals surface area contributed by atoms with Crippen molar-refractivity contribution in [1.29, 1.82) is 0 Å². The third-order valence-corrected chi connectivity index (χ3v) is 6.48. The monoisotopic (exact) mass is 417 g/mol. The van der Waals surface area contributed by atoms with Gasteiger partial charge >= 0.3 is 0 Å². The predicted octanol–water partition coefficient (Wildman–Crippen LogP) is 4.43. The van der Waals surface area contributed by atoms with Crippen LogP contribution in [-0.2, 0) is 4.79 Å². The second-order valence-corrected chi connectivity index (χ2v) is 8.27. The van der Waals surface area contributed by atoms with Crippen molar-refractivity contribution in [2.24, 2.45) is 5.92 Å². The molecule has 2 aromatic heterocycles. The summed E-state index contributed by atoms with van der Waals surface area (Å²) in [6.45, 7) is 1.52. The van der Waals surface area contributed by atoms with Gasteiger partial charge in [0.15, 0.2) is 11.5 Å². The van der Waals surface area contributed by atoms with Crippen LogP contribution in [0.4, 0.5) is 0 Å². The van der Waals surface area contributed by atoms with E-state index in [9.17, 15) is 4.79 Å². The lowest BCUT2D eigenvalue weighted by Gasteiger charge is -2.33. The number of benzene rings is 1. The van der Waals surface area contributed by atoms with Crippen LogP contribution in [0.25, 0.3) is 22.5 Å². The molecule has 3 heterocycles. The third kappa shape index (κ3) is 3.67. The van der Waals surface area contributed by atoms with Gasteiger partial charge in [0.2, 0.25) is 5.91 Å². The van der Waals surface area contributed by atoms with Crippen molar-refractivity contribution in [3.8, 4) is 22.8 Å². The Morgan fingerprint density at radius 2 is 1.84 bits per heavy atom. The molecule has 2 aliphatic rings. The molecule has 1 amide bonds. The molecule has 1 saturated carbocycles. The normalized spacial score (nSPS) is 16.7. The summed E-state index contributed by atoms with van der Waals surface area (Å²) < 4.78 is 12.8. The number of methoxy groups -OCH3 is 2. The van der Waals surface area contributed by atoms with Gasteiger partial charge in [0, 0.05) is 37.0 Å². The molecule has 0 N–H and O–H groups in total. The summed E-state index contributed by atoms with van der Waals surface area (Å²) in [5, 5.41) is 0. The van der Waals surface area contributed by atoms with Gasteiger partial charge in [0.05, 0.1) is 19.9 Å². The molecule has 0 atom stereocenters. The highest BCUT2D eigenvalue weighted by Crippen LogP contribution is 2.33. The summed E-state index contributed by atoms with van der Waals surface area (Å²) in [6, 6.07) is 10.00. The molecule has 0 unspecified atom stereocenters. The molecule has 1 aromatic carbocycles. The second-order valence-electron chi connectivity index (χ2n) is 8.27. The summed E-state index contributed by atoms with van der Waals surface area (Å²) in [5.41, 5.74) is 5.23. The Hall–Kier alpha value is -3.28. The number of amides is 1. The number of hydrogen-bond acceptors (Lipinski definition) is 4. The zero-order valence-electron chi connectivity index (χ0n) is 18.0. The van der Waals surface area contributed by atoms with Crippen molar-refractivity contribution in [3.05, 3.63) is 54.4 Å². The van der Waals surface area contributed by atoms with E-state index in [1.165, 1.54) is 17.6 Å². The molecule has 3 aromatic rings. The van der Waals surface area contributed by atoms with Crippen LogP contribution in [0.1, 0.15) is 31.2 Å². The lowest BCUT2D eigenvalue weighted by Crippen LogP contribution is -2.41. The topological polar surface area (TPSA) is 56.1 Å². The molecular formula is C25H27N3O3. The SMILES string of the molecule is COc1ccc(-c2cn3cc(C4=CCN(C(=O)C5CCC5)CC4)ccc3n2)cc1OC. The van der Waals surface area contributed by atoms with Crippen LogP contribution in [0.2, 0.25) is 0 Å². The molecule has 160 valence electrons. The Balaban J connectivity index is 1.38. The molecule has 31 heavy (non-hydrogen) atoms. The van der Waals surface area contributed by atoms with E-state index in [0.717, 1.165) is 42.7 Å². The first-order valence-electron chi connectivity index (χ1n) is 10.9. The summed E-state index contributed by atoms with van der Waals surface area (Å²) in [4.78, 5) is 19.3. The zero-order valence-corrected chi connectivity index (χ0v) is 18.0. The summed E-state index contributed by atoms with van der Waals surface area (Å²) in [7, 11) is 3.27. The van der Waals surface area contributed by atoms with E-state index in [0.29, 0.717) is 24.0 Å². The van der Waals surface area contributed by atoms with Crippen LogP contribution < -0.4 is 9.47 Å². The lowest BCUT2D eigenvalue weighted by molar-refractivity contribution is -0.137. The molecule has 1 aliphatic carbocycles. The lowest BCUT2D eigenvalue weighted by atomic mass is 9.84. The van der Waals surface area contributed by atoms with Gasteiger partial charge in [-0.1, -0.05) is 12.5 Å². The maximum absolute atomic E-state index is 12.5. The van der Waals surface area contributed by atoms with Crippen LogP contribution in [0, 0.1) is 5.92 Å². The van der Waals surface area contributed by atoms with E-state index < -0.39 is 0 Å². The number of ether oxygens (including phenoxy) is 2. The van der Waals surface area contributed by atoms with E-state index in [4.69, 9.17) is 14.5 Å². The van der Waals surface area contributed by atoms with Gasteiger partial charge in [-0.3, -0.25) is 4.79 Å². The highest BCUT2D eigenvalue weighted by molar-refractivity contribution is 5.81. The van der Waals surface area contributed by atoms with Crippen molar-refractivity contribution < 1.29 is 14.3 Å². The Morgan fingerprint density at radius 3 is 2.52 bits per heavy atom. The average Bonchev–Trinajstić information content (AvgIpc) is 3.21. The Labute approximate surface area is 182 Å². The number of pyridine rings is 1. The third-order valence-electron chi connectivity index (χ3n) is 6.48. The molecule has 6 nitrogen and oxygen atoms in total. The van der Waals surface area contributed by atoms with Crippen LogP contribution >= 0.6 is 0 Å².